The Kier molecular flexibility index (Phi) is 8.49. The first-order chi connectivity index (χ1) is 10.9. The number of rotatable bonds is 5. The van der Waals surface area contributed by atoms with Crippen LogP contribution in [0.4, 0.5) is 11.4 Å². The molecule has 0 saturated carbocycles. The van der Waals surface area contributed by atoms with E-state index >= 15 is 0 Å². The van der Waals surface area contributed by atoms with Crippen LogP contribution < -0.4 is 0 Å². The van der Waals surface area contributed by atoms with Crippen molar-refractivity contribution in [2.45, 2.75) is 26.8 Å². The predicted molar refractivity (Wildman–Crippen MR) is 102 cm³/mol. The number of halogens is 3. The zero-order valence-corrected chi connectivity index (χ0v) is 16.7. The van der Waals surface area contributed by atoms with E-state index < -0.39 is 0 Å². The maximum absolute atomic E-state index is 6.20. The van der Waals surface area contributed by atoms with Crippen molar-refractivity contribution in [2.75, 3.05) is 0 Å². The van der Waals surface area contributed by atoms with Gasteiger partial charge in [-0.05, 0) is 25.1 Å². The van der Waals surface area contributed by atoms with Crippen LogP contribution in [0.1, 0.15) is 19.4 Å². The molecular formula is C18H17Cl3CuN2. The first-order valence-electron chi connectivity index (χ1n) is 7.18. The van der Waals surface area contributed by atoms with Crippen molar-refractivity contribution in [1.29, 1.82) is 0 Å². The van der Waals surface area contributed by atoms with E-state index in [1.54, 1.807) is 18.2 Å². The number of hydrogen-bond acceptors (Lipinski definition) is 0. The monoisotopic (exact) mass is 429 g/mol. The standard InChI is InChI=1S/C18H17Cl3N2.Cu/c1-11-6-4-7-14(19)17(11)22-12(2)10-13(3)23-18-15(20)8-5-9-16(18)21;/h4-10,13H,1-3H3;/q-2;+2. The van der Waals surface area contributed by atoms with Crippen LogP contribution in [0.15, 0.2) is 48.2 Å². The summed E-state index contributed by atoms with van der Waals surface area (Å²) in [4.78, 5) is 0. The van der Waals surface area contributed by atoms with Gasteiger partial charge in [0, 0.05) is 15.1 Å². The first kappa shape index (κ1) is 21.2. The Morgan fingerprint density at radius 3 is 2.00 bits per heavy atom. The molecule has 1 radical (unpaired) electrons. The van der Waals surface area contributed by atoms with E-state index in [4.69, 9.17) is 34.8 Å². The molecule has 0 aliphatic heterocycles. The van der Waals surface area contributed by atoms with Gasteiger partial charge in [-0.2, -0.15) is 5.70 Å². The molecule has 0 heterocycles. The number of para-hydroxylation sites is 2. The Hall–Kier alpha value is -0.831. The molecule has 0 aliphatic rings. The van der Waals surface area contributed by atoms with Crippen LogP contribution in [-0.2, 0) is 17.1 Å². The molecule has 0 aromatic heterocycles. The molecule has 131 valence electrons. The van der Waals surface area contributed by atoms with E-state index in [-0.39, 0.29) is 23.1 Å². The Morgan fingerprint density at radius 1 is 0.958 bits per heavy atom. The van der Waals surface area contributed by atoms with Crippen LogP contribution in [0, 0.1) is 6.92 Å². The maximum Gasteiger partial charge on any atom is 2.00 e. The average molecular weight is 431 g/mol. The average Bonchev–Trinajstić information content (AvgIpc) is 2.47. The summed E-state index contributed by atoms with van der Waals surface area (Å²) in [5.41, 5.74) is 3.25. The molecule has 0 saturated heterocycles. The molecule has 6 heteroatoms. The van der Waals surface area contributed by atoms with Crippen molar-refractivity contribution in [3.05, 3.63) is 79.4 Å². The zero-order chi connectivity index (χ0) is 17.0. The Labute approximate surface area is 169 Å². The minimum absolute atomic E-state index is 0. The van der Waals surface area contributed by atoms with E-state index in [1.165, 1.54) is 0 Å². The second kappa shape index (κ2) is 9.60. The van der Waals surface area contributed by atoms with Gasteiger partial charge in [0.25, 0.3) is 0 Å². The van der Waals surface area contributed by atoms with Crippen LogP contribution in [-0.4, -0.2) is 6.04 Å². The predicted octanol–water partition coefficient (Wildman–Crippen LogP) is 7.96. The Balaban J connectivity index is 0.00000288. The fraction of sp³-hybridized carbons (Fsp3) is 0.222. The van der Waals surface area contributed by atoms with Gasteiger partial charge in [0.1, 0.15) is 0 Å². The molecule has 2 nitrogen and oxygen atoms in total. The number of hydrogen-bond donors (Lipinski definition) is 0. The van der Waals surface area contributed by atoms with Gasteiger partial charge in [-0.3, -0.25) is 0 Å². The molecule has 2 rings (SSSR count). The van der Waals surface area contributed by atoms with Crippen molar-refractivity contribution < 1.29 is 17.1 Å². The van der Waals surface area contributed by atoms with Crippen molar-refractivity contribution in [3.8, 4) is 0 Å². The Bertz CT molecular complexity index is 692. The normalized spacial score (nSPS) is 12.3. The number of aryl methyl sites for hydroxylation is 1. The molecule has 0 bridgehead atoms. The molecule has 2 aromatic carbocycles. The fourth-order valence-corrected chi connectivity index (χ4v) is 2.94. The van der Waals surface area contributed by atoms with Gasteiger partial charge in [0.2, 0.25) is 0 Å². The minimum atomic E-state index is -0.112. The van der Waals surface area contributed by atoms with Crippen molar-refractivity contribution in [3.63, 3.8) is 0 Å². The molecule has 0 spiro atoms. The third-order valence-electron chi connectivity index (χ3n) is 3.23. The summed E-state index contributed by atoms with van der Waals surface area (Å²) in [7, 11) is 0. The summed E-state index contributed by atoms with van der Waals surface area (Å²) in [5.74, 6) is 0. The van der Waals surface area contributed by atoms with Crippen LogP contribution in [0.5, 0.6) is 0 Å². The third-order valence-corrected chi connectivity index (χ3v) is 4.14. The maximum atomic E-state index is 6.20. The number of allylic oxidation sites excluding steroid dienone is 1. The fourth-order valence-electron chi connectivity index (χ4n) is 2.18. The topological polar surface area (TPSA) is 28.2 Å². The van der Waals surface area contributed by atoms with E-state index in [1.807, 2.05) is 45.0 Å². The zero-order valence-electron chi connectivity index (χ0n) is 13.4. The summed E-state index contributed by atoms with van der Waals surface area (Å²) in [5, 5.41) is 10.8. The second-order valence-electron chi connectivity index (χ2n) is 5.27. The molecule has 1 unspecified atom stereocenters. The number of nitrogens with zero attached hydrogens (tertiary/aromatic N) is 2. The molecule has 0 N–H and O–H groups in total. The van der Waals surface area contributed by atoms with Gasteiger partial charge in [-0.15, -0.1) is 23.5 Å². The van der Waals surface area contributed by atoms with Crippen molar-refractivity contribution >= 4 is 46.2 Å². The molecular weight excluding hydrogens is 414 g/mol. The second-order valence-corrected chi connectivity index (χ2v) is 6.49. The molecule has 0 amide bonds. The van der Waals surface area contributed by atoms with Gasteiger partial charge >= 0.3 is 17.1 Å². The van der Waals surface area contributed by atoms with Gasteiger partial charge in [0.05, 0.1) is 0 Å². The smallest absolute Gasteiger partial charge is 0.676 e. The van der Waals surface area contributed by atoms with Crippen molar-refractivity contribution in [2.24, 2.45) is 0 Å². The van der Waals surface area contributed by atoms with E-state index in [0.29, 0.717) is 20.8 Å². The quantitative estimate of drug-likeness (QED) is 0.430. The van der Waals surface area contributed by atoms with Crippen LogP contribution >= 0.6 is 34.8 Å². The van der Waals surface area contributed by atoms with Crippen LogP contribution in [0.3, 0.4) is 0 Å². The summed E-state index contributed by atoms with van der Waals surface area (Å²) >= 11 is 18.5. The van der Waals surface area contributed by atoms with Gasteiger partial charge in [0.15, 0.2) is 0 Å². The third kappa shape index (κ3) is 5.61. The SMILES string of the molecule is CC(=CC(C)[N-]c1c(Cl)cccc1Cl)[N-]c1c(C)cccc1Cl.[Cu+2]. The summed E-state index contributed by atoms with van der Waals surface area (Å²) < 4.78 is 0. The van der Waals surface area contributed by atoms with Gasteiger partial charge < -0.3 is 10.6 Å². The summed E-state index contributed by atoms with van der Waals surface area (Å²) in [6, 6.07) is 10.9. The molecule has 0 aliphatic carbocycles. The van der Waals surface area contributed by atoms with Crippen LogP contribution in [0.2, 0.25) is 15.1 Å². The first-order valence-corrected chi connectivity index (χ1v) is 8.32. The van der Waals surface area contributed by atoms with E-state index in [2.05, 4.69) is 10.6 Å². The minimum Gasteiger partial charge on any atom is -0.676 e. The molecule has 0 fully saturated rings. The van der Waals surface area contributed by atoms with Crippen molar-refractivity contribution in [1.82, 2.24) is 0 Å². The molecule has 1 atom stereocenters. The Morgan fingerprint density at radius 2 is 1.46 bits per heavy atom. The molecule has 2 aromatic rings. The largest absolute Gasteiger partial charge is 2.00 e. The number of benzene rings is 2. The summed E-state index contributed by atoms with van der Waals surface area (Å²) in [6.45, 7) is 5.86. The van der Waals surface area contributed by atoms with Gasteiger partial charge in [-0.25, -0.2) is 0 Å². The summed E-state index contributed by atoms with van der Waals surface area (Å²) in [6.07, 6.45) is 1.95. The van der Waals surface area contributed by atoms with Crippen LogP contribution in [0.25, 0.3) is 10.6 Å². The van der Waals surface area contributed by atoms with Gasteiger partial charge in [-0.1, -0.05) is 72.4 Å². The van der Waals surface area contributed by atoms with E-state index in [9.17, 15) is 0 Å². The molecule has 24 heavy (non-hydrogen) atoms. The van der Waals surface area contributed by atoms with E-state index in [0.717, 1.165) is 16.9 Å².